The Morgan fingerprint density at radius 2 is 1.78 bits per heavy atom. The largest absolute Gasteiger partial charge is 0.321 e. The molecule has 2 aromatic rings. The molecular formula is C21H22F2N2O2. The summed E-state index contributed by atoms with van der Waals surface area (Å²) in [6.07, 6.45) is 0.00771. The lowest BCUT2D eigenvalue weighted by Crippen LogP contribution is -2.29. The Morgan fingerprint density at radius 3 is 2.41 bits per heavy atom. The number of nitrogens with zero attached hydrogens (tertiary/aromatic N) is 1. The van der Waals surface area contributed by atoms with Crippen molar-refractivity contribution in [2.75, 3.05) is 16.8 Å². The summed E-state index contributed by atoms with van der Waals surface area (Å²) < 4.78 is 27.6. The Morgan fingerprint density at radius 1 is 1.15 bits per heavy atom. The summed E-state index contributed by atoms with van der Waals surface area (Å²) in [5.41, 5.74) is 2.33. The fourth-order valence-electron chi connectivity index (χ4n) is 3.46. The monoisotopic (exact) mass is 372 g/mol. The highest BCUT2D eigenvalue weighted by Gasteiger charge is 2.37. The van der Waals surface area contributed by atoms with E-state index in [2.05, 4.69) is 5.32 Å². The van der Waals surface area contributed by atoms with Crippen LogP contribution in [-0.2, 0) is 9.59 Å². The molecule has 1 fully saturated rings. The van der Waals surface area contributed by atoms with Crippen LogP contribution in [0.5, 0.6) is 0 Å². The predicted molar refractivity (Wildman–Crippen MR) is 101 cm³/mol. The van der Waals surface area contributed by atoms with Crippen LogP contribution in [0.1, 0.15) is 37.3 Å². The van der Waals surface area contributed by atoms with Crippen molar-refractivity contribution in [3.05, 3.63) is 59.2 Å². The van der Waals surface area contributed by atoms with Gasteiger partial charge in [-0.15, -0.1) is 0 Å². The van der Waals surface area contributed by atoms with Crippen molar-refractivity contribution in [3.8, 4) is 0 Å². The lowest BCUT2D eigenvalue weighted by molar-refractivity contribution is -0.122. The van der Waals surface area contributed by atoms with Crippen LogP contribution in [0, 0.1) is 24.5 Å². The van der Waals surface area contributed by atoms with Crippen LogP contribution in [0.15, 0.2) is 36.4 Å². The van der Waals surface area contributed by atoms with E-state index in [1.165, 1.54) is 6.07 Å². The van der Waals surface area contributed by atoms with E-state index in [-0.39, 0.29) is 24.8 Å². The summed E-state index contributed by atoms with van der Waals surface area (Å²) in [5, 5.41) is 2.30. The van der Waals surface area contributed by atoms with Gasteiger partial charge in [0.1, 0.15) is 17.3 Å². The first-order valence-electron chi connectivity index (χ1n) is 8.94. The Bertz CT molecular complexity index is 875. The third kappa shape index (κ3) is 3.70. The van der Waals surface area contributed by atoms with E-state index in [4.69, 9.17) is 0 Å². The minimum atomic E-state index is -0.842. The standard InChI is InChI=1S/C21H22F2N2O2/c1-12(2)15-7-4-6-13(3)20(15)25-11-14(10-18(25)26)21(27)24-19-16(22)8-5-9-17(19)23/h4-9,12,14H,10-11H2,1-3H3,(H,24,27). The van der Waals surface area contributed by atoms with Gasteiger partial charge >= 0.3 is 0 Å². The average molecular weight is 372 g/mol. The van der Waals surface area contributed by atoms with Crippen LogP contribution >= 0.6 is 0 Å². The molecule has 6 heteroatoms. The summed E-state index contributed by atoms with van der Waals surface area (Å²) in [4.78, 5) is 26.7. The van der Waals surface area contributed by atoms with Gasteiger partial charge in [-0.3, -0.25) is 9.59 Å². The SMILES string of the molecule is Cc1cccc(C(C)C)c1N1CC(C(=O)Nc2c(F)cccc2F)CC1=O. The Labute approximate surface area is 157 Å². The van der Waals surface area contributed by atoms with Crippen molar-refractivity contribution in [2.24, 2.45) is 5.92 Å². The van der Waals surface area contributed by atoms with E-state index >= 15 is 0 Å². The molecule has 1 saturated heterocycles. The molecule has 0 aliphatic carbocycles. The predicted octanol–water partition coefficient (Wildman–Crippen LogP) is 4.39. The molecule has 1 heterocycles. The van der Waals surface area contributed by atoms with E-state index in [1.54, 1.807) is 4.90 Å². The zero-order valence-electron chi connectivity index (χ0n) is 15.6. The summed E-state index contributed by atoms with van der Waals surface area (Å²) in [6, 6.07) is 9.23. The lowest BCUT2D eigenvalue weighted by atomic mass is 9.97. The van der Waals surface area contributed by atoms with Crippen LogP contribution in [0.4, 0.5) is 20.2 Å². The molecule has 0 bridgehead atoms. The molecule has 0 spiro atoms. The van der Waals surface area contributed by atoms with Crippen LogP contribution in [0.2, 0.25) is 0 Å². The number of hydrogen-bond donors (Lipinski definition) is 1. The molecule has 0 radical (unpaired) electrons. The minimum absolute atomic E-state index is 0.00771. The smallest absolute Gasteiger partial charge is 0.229 e. The van der Waals surface area contributed by atoms with Crippen molar-refractivity contribution >= 4 is 23.2 Å². The number of anilines is 2. The molecule has 0 aromatic heterocycles. The third-order valence-electron chi connectivity index (χ3n) is 4.87. The highest BCUT2D eigenvalue weighted by atomic mass is 19.1. The number of para-hydroxylation sites is 2. The first-order valence-corrected chi connectivity index (χ1v) is 8.94. The molecule has 3 rings (SSSR count). The number of halogens is 2. The maximum atomic E-state index is 13.8. The molecule has 4 nitrogen and oxygen atoms in total. The number of carbonyl (C=O) groups excluding carboxylic acids is 2. The van der Waals surface area contributed by atoms with Gasteiger partial charge < -0.3 is 10.2 Å². The van der Waals surface area contributed by atoms with Crippen LogP contribution in [0.3, 0.4) is 0 Å². The van der Waals surface area contributed by atoms with E-state index in [0.29, 0.717) is 0 Å². The molecule has 2 aromatic carbocycles. The minimum Gasteiger partial charge on any atom is -0.321 e. The molecule has 1 unspecified atom stereocenters. The van der Waals surface area contributed by atoms with Crippen LogP contribution < -0.4 is 10.2 Å². The van der Waals surface area contributed by atoms with Gasteiger partial charge in [0, 0.05) is 18.7 Å². The van der Waals surface area contributed by atoms with E-state index in [1.807, 2.05) is 39.0 Å². The Kier molecular flexibility index (Phi) is 5.26. The fraction of sp³-hybridized carbons (Fsp3) is 0.333. The van der Waals surface area contributed by atoms with Gasteiger partial charge in [-0.25, -0.2) is 8.78 Å². The van der Waals surface area contributed by atoms with Crippen molar-refractivity contribution in [2.45, 2.75) is 33.1 Å². The summed E-state index contributed by atoms with van der Waals surface area (Å²) >= 11 is 0. The summed E-state index contributed by atoms with van der Waals surface area (Å²) in [7, 11) is 0. The lowest BCUT2D eigenvalue weighted by Gasteiger charge is -2.24. The zero-order chi connectivity index (χ0) is 19.7. The third-order valence-corrected chi connectivity index (χ3v) is 4.87. The number of benzene rings is 2. The molecular weight excluding hydrogens is 350 g/mol. The van der Waals surface area contributed by atoms with E-state index < -0.39 is 29.1 Å². The van der Waals surface area contributed by atoms with Gasteiger partial charge in [0.2, 0.25) is 11.8 Å². The topological polar surface area (TPSA) is 49.4 Å². The molecule has 1 aliphatic rings. The molecule has 142 valence electrons. The molecule has 1 aliphatic heterocycles. The maximum Gasteiger partial charge on any atom is 0.229 e. The number of aryl methyl sites for hydroxylation is 1. The van der Waals surface area contributed by atoms with Crippen molar-refractivity contribution < 1.29 is 18.4 Å². The number of carbonyl (C=O) groups is 2. The molecule has 27 heavy (non-hydrogen) atoms. The second kappa shape index (κ2) is 7.47. The molecule has 1 N–H and O–H groups in total. The average Bonchev–Trinajstić information content (AvgIpc) is 2.99. The Hall–Kier alpha value is -2.76. The second-order valence-electron chi connectivity index (χ2n) is 7.16. The highest BCUT2D eigenvalue weighted by Crippen LogP contribution is 2.35. The molecule has 2 amide bonds. The maximum absolute atomic E-state index is 13.8. The number of amides is 2. The van der Waals surface area contributed by atoms with Gasteiger partial charge in [0.05, 0.1) is 5.92 Å². The van der Waals surface area contributed by atoms with E-state index in [0.717, 1.165) is 28.9 Å². The quantitative estimate of drug-likeness (QED) is 0.865. The van der Waals surface area contributed by atoms with Crippen molar-refractivity contribution in [1.82, 2.24) is 0 Å². The van der Waals surface area contributed by atoms with E-state index in [9.17, 15) is 18.4 Å². The van der Waals surface area contributed by atoms with Crippen LogP contribution in [0.25, 0.3) is 0 Å². The number of hydrogen-bond acceptors (Lipinski definition) is 2. The van der Waals surface area contributed by atoms with Gasteiger partial charge in [-0.05, 0) is 36.1 Å². The summed E-state index contributed by atoms with van der Waals surface area (Å²) in [6.45, 7) is 6.20. The fourth-order valence-corrected chi connectivity index (χ4v) is 3.46. The van der Waals surface area contributed by atoms with Crippen LogP contribution in [-0.4, -0.2) is 18.4 Å². The van der Waals surface area contributed by atoms with Gasteiger partial charge in [0.25, 0.3) is 0 Å². The van der Waals surface area contributed by atoms with Gasteiger partial charge in [-0.2, -0.15) is 0 Å². The summed E-state index contributed by atoms with van der Waals surface area (Å²) in [5.74, 6) is -2.87. The molecule has 0 saturated carbocycles. The van der Waals surface area contributed by atoms with Gasteiger partial charge in [-0.1, -0.05) is 38.1 Å². The highest BCUT2D eigenvalue weighted by molar-refractivity contribution is 6.04. The second-order valence-corrected chi connectivity index (χ2v) is 7.16. The zero-order valence-corrected chi connectivity index (χ0v) is 15.6. The number of nitrogens with one attached hydrogen (secondary N) is 1. The Balaban J connectivity index is 1.83. The first kappa shape index (κ1) is 19.0. The first-order chi connectivity index (χ1) is 12.8. The number of rotatable bonds is 4. The van der Waals surface area contributed by atoms with Gasteiger partial charge in [0.15, 0.2) is 0 Å². The normalized spacial score (nSPS) is 16.9. The molecule has 1 atom stereocenters. The van der Waals surface area contributed by atoms with Crippen molar-refractivity contribution in [3.63, 3.8) is 0 Å². The van der Waals surface area contributed by atoms with Crippen molar-refractivity contribution in [1.29, 1.82) is 0 Å².